The third-order valence-electron chi connectivity index (χ3n) is 3.02. The monoisotopic (exact) mass is 307 g/mol. The molecule has 0 aliphatic carbocycles. The molecular weight excluding hydrogens is 290 g/mol. The van der Waals surface area contributed by atoms with E-state index >= 15 is 0 Å². The number of hydrogen-bond acceptors (Lipinski definition) is 5. The number of thioether (sulfide) groups is 1. The van der Waals surface area contributed by atoms with E-state index in [2.05, 4.69) is 9.97 Å². The molecule has 0 spiro atoms. The SMILES string of the molecule is CSC(C)C(=O)N(C)c1sc(-c2cccnc2)nc1C. The third-order valence-corrected chi connectivity index (χ3v) is 5.21. The van der Waals surface area contributed by atoms with E-state index in [-0.39, 0.29) is 11.2 Å². The molecule has 1 unspecified atom stereocenters. The first-order valence-corrected chi connectivity index (χ1v) is 8.33. The second kappa shape index (κ2) is 6.37. The summed E-state index contributed by atoms with van der Waals surface area (Å²) in [5.74, 6) is 0.0991. The maximum absolute atomic E-state index is 12.2. The highest BCUT2D eigenvalue weighted by Crippen LogP contribution is 2.34. The van der Waals surface area contributed by atoms with Gasteiger partial charge in [0, 0.05) is 25.0 Å². The minimum atomic E-state index is -0.0525. The van der Waals surface area contributed by atoms with Crippen LogP contribution in [0.5, 0.6) is 0 Å². The maximum atomic E-state index is 12.2. The van der Waals surface area contributed by atoms with E-state index in [1.807, 2.05) is 39.3 Å². The molecule has 0 aromatic carbocycles. The van der Waals surface area contributed by atoms with Crippen molar-refractivity contribution in [3.05, 3.63) is 30.2 Å². The zero-order chi connectivity index (χ0) is 14.7. The molecule has 4 nitrogen and oxygen atoms in total. The van der Waals surface area contributed by atoms with Crippen molar-refractivity contribution in [1.82, 2.24) is 9.97 Å². The summed E-state index contributed by atoms with van der Waals surface area (Å²) in [5, 5.41) is 1.74. The highest BCUT2D eigenvalue weighted by Gasteiger charge is 2.22. The lowest BCUT2D eigenvalue weighted by molar-refractivity contribution is -0.117. The van der Waals surface area contributed by atoms with E-state index in [9.17, 15) is 4.79 Å². The highest BCUT2D eigenvalue weighted by molar-refractivity contribution is 7.99. The topological polar surface area (TPSA) is 46.1 Å². The fourth-order valence-corrected chi connectivity index (χ4v) is 3.17. The Hall–Kier alpha value is -1.40. The van der Waals surface area contributed by atoms with Gasteiger partial charge in [0.15, 0.2) is 0 Å². The van der Waals surface area contributed by atoms with Crippen LogP contribution >= 0.6 is 23.1 Å². The molecule has 0 saturated heterocycles. The average Bonchev–Trinajstić information content (AvgIpc) is 2.87. The Labute approximate surface area is 127 Å². The van der Waals surface area contributed by atoms with Crippen molar-refractivity contribution >= 4 is 34.0 Å². The van der Waals surface area contributed by atoms with Gasteiger partial charge in [-0.25, -0.2) is 4.98 Å². The first kappa shape index (κ1) is 15.0. The number of pyridine rings is 1. The van der Waals surface area contributed by atoms with Gasteiger partial charge in [-0.15, -0.1) is 0 Å². The molecule has 1 atom stereocenters. The Morgan fingerprint density at radius 2 is 2.25 bits per heavy atom. The molecule has 20 heavy (non-hydrogen) atoms. The van der Waals surface area contributed by atoms with Crippen LogP contribution in [0.4, 0.5) is 5.00 Å². The third kappa shape index (κ3) is 3.02. The summed E-state index contributed by atoms with van der Waals surface area (Å²) in [6.07, 6.45) is 5.46. The van der Waals surface area contributed by atoms with Crippen LogP contribution in [0.15, 0.2) is 24.5 Å². The van der Waals surface area contributed by atoms with Crippen molar-refractivity contribution in [1.29, 1.82) is 0 Å². The van der Waals surface area contributed by atoms with Crippen molar-refractivity contribution in [3.8, 4) is 10.6 Å². The highest BCUT2D eigenvalue weighted by atomic mass is 32.2. The van der Waals surface area contributed by atoms with Crippen molar-refractivity contribution in [2.24, 2.45) is 0 Å². The molecule has 0 aliphatic rings. The molecule has 0 radical (unpaired) electrons. The minimum absolute atomic E-state index is 0.0525. The average molecular weight is 307 g/mol. The quantitative estimate of drug-likeness (QED) is 0.870. The Morgan fingerprint density at radius 1 is 1.50 bits per heavy atom. The van der Waals surface area contributed by atoms with Crippen LogP contribution in [-0.4, -0.2) is 34.4 Å². The molecule has 0 saturated carbocycles. The number of thiazole rings is 1. The zero-order valence-corrected chi connectivity index (χ0v) is 13.6. The summed E-state index contributed by atoms with van der Waals surface area (Å²) in [4.78, 5) is 22.6. The summed E-state index contributed by atoms with van der Waals surface area (Å²) in [7, 11) is 1.81. The van der Waals surface area contributed by atoms with Crippen molar-refractivity contribution in [2.45, 2.75) is 19.1 Å². The van der Waals surface area contributed by atoms with E-state index in [1.54, 1.807) is 29.1 Å². The fourth-order valence-electron chi connectivity index (χ4n) is 1.79. The van der Waals surface area contributed by atoms with Crippen LogP contribution in [0.1, 0.15) is 12.6 Å². The Balaban J connectivity index is 2.30. The lowest BCUT2D eigenvalue weighted by Crippen LogP contribution is -2.32. The lowest BCUT2D eigenvalue weighted by atomic mass is 10.3. The van der Waals surface area contributed by atoms with Gasteiger partial charge in [0.05, 0.1) is 10.9 Å². The largest absolute Gasteiger partial charge is 0.304 e. The van der Waals surface area contributed by atoms with Crippen molar-refractivity contribution in [2.75, 3.05) is 18.2 Å². The second-order valence-corrected chi connectivity index (χ2v) is 6.58. The minimum Gasteiger partial charge on any atom is -0.304 e. The van der Waals surface area contributed by atoms with E-state index in [0.29, 0.717) is 0 Å². The summed E-state index contributed by atoms with van der Waals surface area (Å²) in [5.41, 5.74) is 1.85. The molecule has 2 aromatic heterocycles. The first-order valence-electron chi connectivity index (χ1n) is 6.22. The fraction of sp³-hybridized carbons (Fsp3) is 0.357. The number of carbonyl (C=O) groups is 1. The van der Waals surface area contributed by atoms with Crippen molar-refractivity contribution < 1.29 is 4.79 Å². The molecular formula is C14H17N3OS2. The molecule has 2 rings (SSSR count). The van der Waals surface area contributed by atoms with Crippen LogP contribution in [0, 0.1) is 6.92 Å². The smallest absolute Gasteiger partial charge is 0.240 e. The number of rotatable bonds is 4. The van der Waals surface area contributed by atoms with Gasteiger partial charge in [-0.2, -0.15) is 11.8 Å². The lowest BCUT2D eigenvalue weighted by Gasteiger charge is -2.18. The van der Waals surface area contributed by atoms with Crippen LogP contribution in [0.2, 0.25) is 0 Å². The molecule has 0 N–H and O–H groups in total. The number of aryl methyl sites for hydroxylation is 1. The summed E-state index contributed by atoms with van der Waals surface area (Å²) in [6, 6.07) is 3.86. The Morgan fingerprint density at radius 3 is 2.85 bits per heavy atom. The van der Waals surface area contributed by atoms with Gasteiger partial charge in [-0.1, -0.05) is 11.3 Å². The molecule has 2 heterocycles. The van der Waals surface area contributed by atoms with E-state index in [0.717, 1.165) is 21.3 Å². The van der Waals surface area contributed by atoms with Gasteiger partial charge in [-0.05, 0) is 32.2 Å². The molecule has 0 fully saturated rings. The van der Waals surface area contributed by atoms with Crippen LogP contribution in [-0.2, 0) is 4.79 Å². The predicted molar refractivity (Wildman–Crippen MR) is 86.5 cm³/mol. The van der Waals surface area contributed by atoms with Gasteiger partial charge < -0.3 is 4.90 Å². The van der Waals surface area contributed by atoms with E-state index < -0.39 is 0 Å². The van der Waals surface area contributed by atoms with Gasteiger partial charge in [-0.3, -0.25) is 9.78 Å². The number of nitrogens with zero attached hydrogens (tertiary/aromatic N) is 3. The number of amides is 1. The van der Waals surface area contributed by atoms with Gasteiger partial charge >= 0.3 is 0 Å². The molecule has 0 bridgehead atoms. The molecule has 6 heteroatoms. The van der Waals surface area contributed by atoms with Crippen LogP contribution < -0.4 is 4.90 Å². The van der Waals surface area contributed by atoms with E-state index in [4.69, 9.17) is 0 Å². The second-order valence-electron chi connectivity index (χ2n) is 4.43. The number of carbonyl (C=O) groups excluding carboxylic acids is 1. The predicted octanol–water partition coefficient (Wildman–Crippen LogP) is 3.23. The Kier molecular flexibility index (Phi) is 4.77. The summed E-state index contributed by atoms with van der Waals surface area (Å²) >= 11 is 3.07. The van der Waals surface area contributed by atoms with Gasteiger partial charge in [0.2, 0.25) is 5.91 Å². The molecule has 0 aliphatic heterocycles. The Bertz CT molecular complexity index is 598. The van der Waals surface area contributed by atoms with Crippen molar-refractivity contribution in [3.63, 3.8) is 0 Å². The molecule has 1 amide bonds. The molecule has 2 aromatic rings. The first-order chi connectivity index (χ1) is 9.54. The number of aromatic nitrogens is 2. The summed E-state index contributed by atoms with van der Waals surface area (Å²) in [6.45, 7) is 3.85. The summed E-state index contributed by atoms with van der Waals surface area (Å²) < 4.78 is 0. The maximum Gasteiger partial charge on any atom is 0.240 e. The standard InChI is InChI=1S/C14H17N3OS2/c1-9-14(17(3)13(18)10(2)19-4)20-12(16-9)11-6-5-7-15-8-11/h5-8,10H,1-4H3. The zero-order valence-electron chi connectivity index (χ0n) is 12.0. The van der Waals surface area contributed by atoms with Crippen LogP contribution in [0.3, 0.4) is 0 Å². The van der Waals surface area contributed by atoms with Gasteiger partial charge in [0.1, 0.15) is 10.0 Å². The number of hydrogen-bond donors (Lipinski definition) is 0. The van der Waals surface area contributed by atoms with E-state index in [1.165, 1.54) is 11.3 Å². The molecule has 106 valence electrons. The number of anilines is 1. The van der Waals surface area contributed by atoms with Crippen LogP contribution in [0.25, 0.3) is 10.6 Å². The normalized spacial score (nSPS) is 12.2. The van der Waals surface area contributed by atoms with Gasteiger partial charge in [0.25, 0.3) is 0 Å².